The fourth-order valence-corrected chi connectivity index (χ4v) is 2.77. The first-order valence-electron chi connectivity index (χ1n) is 7.69. The van der Waals surface area contributed by atoms with E-state index in [1.807, 2.05) is 13.0 Å². The van der Waals surface area contributed by atoms with Crippen molar-refractivity contribution in [3.05, 3.63) is 17.6 Å². The van der Waals surface area contributed by atoms with Gasteiger partial charge in [0, 0.05) is 23.7 Å². The minimum atomic E-state index is -0.0755. The minimum Gasteiger partial charge on any atom is -0.469 e. The standard InChI is InChI=1S/C16H25N3O2/c1-10(2)15-17-11(3)9-14(19-15)18-13-7-5-12(6-8-13)16(20)21-4/h9-10,12-13H,5-8H2,1-4H3,(H,17,18,19). The number of methoxy groups -OCH3 is 1. The number of carbonyl (C=O) groups excluding carboxylic acids is 1. The Kier molecular flexibility index (Phi) is 5.15. The minimum absolute atomic E-state index is 0.0615. The van der Waals surface area contributed by atoms with Crippen molar-refractivity contribution in [2.45, 2.75) is 58.4 Å². The number of rotatable bonds is 4. The second-order valence-corrected chi connectivity index (χ2v) is 6.12. The van der Waals surface area contributed by atoms with Crippen LogP contribution in [0.25, 0.3) is 0 Å². The topological polar surface area (TPSA) is 64.1 Å². The van der Waals surface area contributed by atoms with Gasteiger partial charge in [-0.25, -0.2) is 9.97 Å². The quantitative estimate of drug-likeness (QED) is 0.864. The molecule has 1 saturated carbocycles. The van der Waals surface area contributed by atoms with Gasteiger partial charge in [0.25, 0.3) is 0 Å². The van der Waals surface area contributed by atoms with E-state index >= 15 is 0 Å². The van der Waals surface area contributed by atoms with Gasteiger partial charge in [-0.05, 0) is 32.6 Å². The first kappa shape index (κ1) is 15.7. The summed E-state index contributed by atoms with van der Waals surface area (Å²) in [6.07, 6.45) is 3.70. The van der Waals surface area contributed by atoms with Crippen molar-refractivity contribution in [1.82, 2.24) is 9.97 Å². The molecule has 1 fully saturated rings. The molecule has 0 radical (unpaired) electrons. The van der Waals surface area contributed by atoms with Gasteiger partial charge in [0.15, 0.2) is 0 Å². The molecule has 0 spiro atoms. The molecule has 1 N–H and O–H groups in total. The first-order valence-corrected chi connectivity index (χ1v) is 7.69. The van der Waals surface area contributed by atoms with Crippen LogP contribution >= 0.6 is 0 Å². The Labute approximate surface area is 126 Å². The Hall–Kier alpha value is -1.65. The predicted molar refractivity (Wildman–Crippen MR) is 82.2 cm³/mol. The zero-order chi connectivity index (χ0) is 15.4. The van der Waals surface area contributed by atoms with Crippen molar-refractivity contribution in [3.63, 3.8) is 0 Å². The van der Waals surface area contributed by atoms with Crippen LogP contribution < -0.4 is 5.32 Å². The van der Waals surface area contributed by atoms with Crippen LogP contribution in [0.4, 0.5) is 5.82 Å². The van der Waals surface area contributed by atoms with Crippen molar-refractivity contribution >= 4 is 11.8 Å². The molecule has 5 heteroatoms. The highest BCUT2D eigenvalue weighted by Crippen LogP contribution is 2.27. The van der Waals surface area contributed by atoms with E-state index in [4.69, 9.17) is 4.74 Å². The molecule has 0 atom stereocenters. The van der Waals surface area contributed by atoms with Crippen molar-refractivity contribution in [3.8, 4) is 0 Å². The lowest BCUT2D eigenvalue weighted by Crippen LogP contribution is -2.30. The van der Waals surface area contributed by atoms with Gasteiger partial charge in [-0.2, -0.15) is 0 Å². The van der Waals surface area contributed by atoms with Crippen LogP contribution in [-0.2, 0) is 9.53 Å². The lowest BCUT2D eigenvalue weighted by Gasteiger charge is -2.28. The van der Waals surface area contributed by atoms with Gasteiger partial charge in [-0.3, -0.25) is 4.79 Å². The average molecular weight is 291 g/mol. The van der Waals surface area contributed by atoms with Crippen LogP contribution in [0.15, 0.2) is 6.07 Å². The number of hydrogen-bond acceptors (Lipinski definition) is 5. The van der Waals surface area contributed by atoms with E-state index in [0.29, 0.717) is 12.0 Å². The summed E-state index contributed by atoms with van der Waals surface area (Å²) in [4.78, 5) is 20.6. The van der Waals surface area contributed by atoms with E-state index in [1.54, 1.807) is 0 Å². The third-order valence-electron chi connectivity index (χ3n) is 4.00. The van der Waals surface area contributed by atoms with Crippen molar-refractivity contribution < 1.29 is 9.53 Å². The van der Waals surface area contributed by atoms with Crippen molar-refractivity contribution in [1.29, 1.82) is 0 Å². The Bertz CT molecular complexity index is 494. The summed E-state index contributed by atoms with van der Waals surface area (Å²) in [5.74, 6) is 2.08. The number of aryl methyl sites for hydroxylation is 1. The van der Waals surface area contributed by atoms with Gasteiger partial charge in [0.05, 0.1) is 13.0 Å². The predicted octanol–water partition coefficient (Wildman–Crippen LogP) is 3.05. The molecular weight excluding hydrogens is 266 g/mol. The fourth-order valence-electron chi connectivity index (χ4n) is 2.77. The van der Waals surface area contributed by atoms with E-state index in [-0.39, 0.29) is 11.9 Å². The number of hydrogen-bond donors (Lipinski definition) is 1. The van der Waals surface area contributed by atoms with Crippen LogP contribution in [0.5, 0.6) is 0 Å². The van der Waals surface area contributed by atoms with E-state index in [1.165, 1.54) is 7.11 Å². The number of carbonyl (C=O) groups is 1. The van der Waals surface area contributed by atoms with Crippen LogP contribution in [0.3, 0.4) is 0 Å². The maximum Gasteiger partial charge on any atom is 0.308 e. The Balaban J connectivity index is 1.96. The third-order valence-corrected chi connectivity index (χ3v) is 4.00. The maximum atomic E-state index is 11.5. The van der Waals surface area contributed by atoms with Crippen LogP contribution in [-0.4, -0.2) is 29.1 Å². The summed E-state index contributed by atoms with van der Waals surface area (Å²) in [6.45, 7) is 6.19. The van der Waals surface area contributed by atoms with Gasteiger partial charge in [-0.1, -0.05) is 13.8 Å². The normalized spacial score (nSPS) is 22.1. The number of nitrogens with zero attached hydrogens (tertiary/aromatic N) is 2. The van der Waals surface area contributed by atoms with E-state index in [2.05, 4.69) is 29.1 Å². The molecule has 0 amide bonds. The van der Waals surface area contributed by atoms with E-state index in [0.717, 1.165) is 43.0 Å². The third kappa shape index (κ3) is 4.16. The molecule has 2 rings (SSSR count). The molecule has 5 nitrogen and oxygen atoms in total. The summed E-state index contributed by atoms with van der Waals surface area (Å²) >= 11 is 0. The lowest BCUT2D eigenvalue weighted by molar-refractivity contribution is -0.146. The maximum absolute atomic E-state index is 11.5. The number of esters is 1. The number of anilines is 1. The summed E-state index contributed by atoms with van der Waals surface area (Å²) < 4.78 is 4.82. The molecule has 0 aromatic carbocycles. The van der Waals surface area contributed by atoms with Crippen molar-refractivity contribution in [2.24, 2.45) is 5.92 Å². The molecule has 0 bridgehead atoms. The highest BCUT2D eigenvalue weighted by Gasteiger charge is 2.27. The number of aromatic nitrogens is 2. The van der Waals surface area contributed by atoms with Gasteiger partial charge in [0.1, 0.15) is 11.6 Å². The summed E-state index contributed by atoms with van der Waals surface area (Å²) in [6, 6.07) is 2.36. The summed E-state index contributed by atoms with van der Waals surface area (Å²) in [7, 11) is 1.46. The fraction of sp³-hybridized carbons (Fsp3) is 0.688. The molecule has 0 saturated heterocycles. The Morgan fingerprint density at radius 3 is 2.52 bits per heavy atom. The average Bonchev–Trinajstić information content (AvgIpc) is 2.46. The zero-order valence-corrected chi connectivity index (χ0v) is 13.3. The van der Waals surface area contributed by atoms with Gasteiger partial charge in [0.2, 0.25) is 0 Å². The molecule has 116 valence electrons. The Morgan fingerprint density at radius 1 is 1.29 bits per heavy atom. The molecular formula is C16H25N3O2. The zero-order valence-electron chi connectivity index (χ0n) is 13.3. The van der Waals surface area contributed by atoms with Crippen LogP contribution in [0.2, 0.25) is 0 Å². The number of ether oxygens (including phenoxy) is 1. The summed E-state index contributed by atoms with van der Waals surface area (Å²) in [5.41, 5.74) is 0.986. The van der Waals surface area contributed by atoms with E-state index < -0.39 is 0 Å². The molecule has 1 aliphatic carbocycles. The van der Waals surface area contributed by atoms with Gasteiger partial charge >= 0.3 is 5.97 Å². The SMILES string of the molecule is COC(=O)C1CCC(Nc2cc(C)nc(C(C)C)n2)CC1. The molecule has 1 aliphatic rings. The molecule has 0 unspecified atom stereocenters. The van der Waals surface area contributed by atoms with Crippen LogP contribution in [0, 0.1) is 12.8 Å². The van der Waals surface area contributed by atoms with Gasteiger partial charge < -0.3 is 10.1 Å². The smallest absolute Gasteiger partial charge is 0.308 e. The second kappa shape index (κ2) is 6.87. The first-order chi connectivity index (χ1) is 9.99. The Morgan fingerprint density at radius 2 is 1.95 bits per heavy atom. The highest BCUT2D eigenvalue weighted by molar-refractivity contribution is 5.72. The molecule has 1 aromatic rings. The molecule has 0 aliphatic heterocycles. The largest absolute Gasteiger partial charge is 0.469 e. The molecule has 1 heterocycles. The summed E-state index contributed by atoms with van der Waals surface area (Å²) in [5, 5.41) is 3.49. The number of nitrogens with one attached hydrogen (secondary N) is 1. The monoisotopic (exact) mass is 291 g/mol. The second-order valence-electron chi connectivity index (χ2n) is 6.12. The highest BCUT2D eigenvalue weighted by atomic mass is 16.5. The lowest BCUT2D eigenvalue weighted by atomic mass is 9.86. The molecule has 21 heavy (non-hydrogen) atoms. The van der Waals surface area contributed by atoms with Crippen LogP contribution in [0.1, 0.15) is 57.0 Å². The van der Waals surface area contributed by atoms with Crippen molar-refractivity contribution in [2.75, 3.05) is 12.4 Å². The molecule has 1 aromatic heterocycles. The van der Waals surface area contributed by atoms with E-state index in [9.17, 15) is 4.79 Å². The van der Waals surface area contributed by atoms with Gasteiger partial charge in [-0.15, -0.1) is 0 Å².